The van der Waals surface area contributed by atoms with Gasteiger partial charge in [-0.1, -0.05) is 18.2 Å². The summed E-state index contributed by atoms with van der Waals surface area (Å²) in [5.41, 5.74) is -1.57. The van der Waals surface area contributed by atoms with E-state index in [1.54, 1.807) is 0 Å². The van der Waals surface area contributed by atoms with Gasteiger partial charge in [-0.3, -0.25) is 4.79 Å². The standard InChI is InChI=1S/C18H16F4N2O4S/c19-15-6-5-11(29(23,26)27)9-13(15)17(25)24-7-8-28-16(10-24)12-3-1-2-4-14(12)18(20,21)22/h1-6,9,16H,7-8,10H2,(H2,23,26,27). The highest BCUT2D eigenvalue weighted by atomic mass is 32.2. The smallest absolute Gasteiger partial charge is 0.370 e. The summed E-state index contributed by atoms with van der Waals surface area (Å²) in [5.74, 6) is -1.84. The van der Waals surface area contributed by atoms with E-state index in [1.807, 2.05) is 0 Å². The van der Waals surface area contributed by atoms with Gasteiger partial charge >= 0.3 is 6.18 Å². The number of benzene rings is 2. The van der Waals surface area contributed by atoms with Gasteiger partial charge in [0.15, 0.2) is 0 Å². The number of alkyl halides is 3. The Hall–Kier alpha value is -2.50. The van der Waals surface area contributed by atoms with Gasteiger partial charge in [0.1, 0.15) is 11.9 Å². The number of nitrogens with two attached hydrogens (primary N) is 1. The molecule has 1 unspecified atom stereocenters. The van der Waals surface area contributed by atoms with Crippen molar-refractivity contribution >= 4 is 15.9 Å². The normalized spacial score (nSPS) is 18.0. The van der Waals surface area contributed by atoms with Crippen molar-refractivity contribution in [2.45, 2.75) is 17.2 Å². The van der Waals surface area contributed by atoms with Gasteiger partial charge in [-0.05, 0) is 29.8 Å². The molecule has 2 aromatic carbocycles. The summed E-state index contributed by atoms with van der Waals surface area (Å²) < 4.78 is 82.3. The molecule has 2 aromatic rings. The SMILES string of the molecule is NS(=O)(=O)c1ccc(F)c(C(=O)N2CCOC(c3ccccc3C(F)(F)F)C2)c1. The average molecular weight is 432 g/mol. The number of morpholine rings is 1. The maximum absolute atomic E-state index is 14.1. The summed E-state index contributed by atoms with van der Waals surface area (Å²) in [6.45, 7) is -0.327. The first-order valence-corrected chi connectivity index (χ1v) is 9.92. The number of hydrogen-bond acceptors (Lipinski definition) is 4. The molecule has 1 saturated heterocycles. The fourth-order valence-electron chi connectivity index (χ4n) is 3.07. The van der Waals surface area contributed by atoms with Crippen molar-refractivity contribution in [2.24, 2.45) is 5.14 Å². The van der Waals surface area contributed by atoms with Crippen LogP contribution in [0.4, 0.5) is 17.6 Å². The Bertz CT molecular complexity index is 1040. The Morgan fingerprint density at radius 1 is 1.17 bits per heavy atom. The van der Waals surface area contributed by atoms with Gasteiger partial charge < -0.3 is 9.64 Å². The summed E-state index contributed by atoms with van der Waals surface area (Å²) >= 11 is 0. The molecule has 0 aromatic heterocycles. The minimum absolute atomic E-state index is 0.00254. The molecular formula is C18H16F4N2O4S. The van der Waals surface area contributed by atoms with E-state index >= 15 is 0 Å². The minimum atomic E-state index is -4.61. The van der Waals surface area contributed by atoms with Crippen LogP contribution in [0.1, 0.15) is 27.6 Å². The molecular weight excluding hydrogens is 416 g/mol. The summed E-state index contributed by atoms with van der Waals surface area (Å²) in [4.78, 5) is 13.4. The molecule has 1 aliphatic rings. The Balaban J connectivity index is 1.90. The second kappa shape index (κ2) is 7.73. The molecule has 0 spiro atoms. The second-order valence-corrected chi connectivity index (χ2v) is 7.94. The van der Waals surface area contributed by atoms with Gasteiger partial charge in [0, 0.05) is 6.54 Å². The molecule has 156 valence electrons. The molecule has 1 aliphatic heterocycles. The zero-order chi connectivity index (χ0) is 21.4. The molecule has 1 fully saturated rings. The van der Waals surface area contributed by atoms with Crippen LogP contribution in [0.3, 0.4) is 0 Å². The van der Waals surface area contributed by atoms with E-state index < -0.39 is 50.1 Å². The predicted octanol–water partition coefficient (Wildman–Crippen LogP) is 2.71. The predicted molar refractivity (Wildman–Crippen MR) is 93.8 cm³/mol. The lowest BCUT2D eigenvalue weighted by atomic mass is 10.00. The van der Waals surface area contributed by atoms with E-state index in [0.29, 0.717) is 0 Å². The quantitative estimate of drug-likeness (QED) is 0.756. The third-order valence-electron chi connectivity index (χ3n) is 4.46. The lowest BCUT2D eigenvalue weighted by molar-refractivity contribution is -0.140. The molecule has 1 amide bonds. The summed E-state index contributed by atoms with van der Waals surface area (Å²) in [7, 11) is -4.17. The van der Waals surface area contributed by atoms with Crippen LogP contribution in [0, 0.1) is 5.82 Å². The van der Waals surface area contributed by atoms with Crippen LogP contribution in [0.15, 0.2) is 47.4 Å². The van der Waals surface area contributed by atoms with Crippen LogP contribution in [0.2, 0.25) is 0 Å². The number of halogens is 4. The number of ether oxygens (including phenoxy) is 1. The first-order chi connectivity index (χ1) is 13.5. The van der Waals surface area contributed by atoms with Crippen molar-refractivity contribution in [2.75, 3.05) is 19.7 Å². The van der Waals surface area contributed by atoms with Crippen molar-refractivity contribution in [1.29, 1.82) is 0 Å². The molecule has 0 aliphatic carbocycles. The number of amides is 1. The van der Waals surface area contributed by atoms with E-state index in [9.17, 15) is 30.8 Å². The fourth-order valence-corrected chi connectivity index (χ4v) is 3.61. The molecule has 0 saturated carbocycles. The van der Waals surface area contributed by atoms with E-state index in [4.69, 9.17) is 9.88 Å². The molecule has 29 heavy (non-hydrogen) atoms. The molecule has 2 N–H and O–H groups in total. The fraction of sp³-hybridized carbons (Fsp3) is 0.278. The van der Waals surface area contributed by atoms with E-state index in [-0.39, 0.29) is 25.3 Å². The van der Waals surface area contributed by atoms with Crippen molar-refractivity contribution < 1.29 is 35.5 Å². The monoisotopic (exact) mass is 432 g/mol. The van der Waals surface area contributed by atoms with Gasteiger partial charge in [0.05, 0.1) is 29.2 Å². The maximum Gasteiger partial charge on any atom is 0.416 e. The van der Waals surface area contributed by atoms with Crippen molar-refractivity contribution in [3.63, 3.8) is 0 Å². The van der Waals surface area contributed by atoms with Crippen LogP contribution in [-0.2, 0) is 20.9 Å². The average Bonchev–Trinajstić information content (AvgIpc) is 2.66. The lowest BCUT2D eigenvalue weighted by Crippen LogP contribution is -2.43. The Labute approximate surface area is 163 Å². The van der Waals surface area contributed by atoms with Gasteiger partial charge in [0.2, 0.25) is 10.0 Å². The first kappa shape index (κ1) is 21.2. The number of carbonyl (C=O) groups excluding carboxylic acids is 1. The zero-order valence-corrected chi connectivity index (χ0v) is 15.6. The number of sulfonamides is 1. The molecule has 11 heteroatoms. The molecule has 6 nitrogen and oxygen atoms in total. The van der Waals surface area contributed by atoms with Gasteiger partial charge in [0.25, 0.3) is 5.91 Å². The Morgan fingerprint density at radius 3 is 2.52 bits per heavy atom. The Morgan fingerprint density at radius 2 is 1.86 bits per heavy atom. The van der Waals surface area contributed by atoms with Crippen molar-refractivity contribution in [3.05, 3.63) is 65.0 Å². The lowest BCUT2D eigenvalue weighted by Gasteiger charge is -2.34. The van der Waals surface area contributed by atoms with Crippen molar-refractivity contribution in [3.8, 4) is 0 Å². The summed E-state index contributed by atoms with van der Waals surface area (Å²) in [5, 5.41) is 5.01. The van der Waals surface area contributed by atoms with Crippen molar-refractivity contribution in [1.82, 2.24) is 4.90 Å². The highest BCUT2D eigenvalue weighted by molar-refractivity contribution is 7.89. The summed E-state index contributed by atoms with van der Waals surface area (Å²) in [6.07, 6.45) is -5.68. The van der Waals surface area contributed by atoms with Crippen LogP contribution in [0.25, 0.3) is 0 Å². The highest BCUT2D eigenvalue weighted by Gasteiger charge is 2.37. The number of hydrogen-bond donors (Lipinski definition) is 1. The van der Waals surface area contributed by atoms with E-state index in [0.717, 1.165) is 29.2 Å². The minimum Gasteiger partial charge on any atom is -0.370 e. The molecule has 0 bridgehead atoms. The molecule has 1 atom stereocenters. The number of primary sulfonamides is 1. The number of nitrogens with zero attached hydrogens (tertiary/aromatic N) is 1. The number of carbonyl (C=O) groups is 1. The second-order valence-electron chi connectivity index (χ2n) is 6.38. The van der Waals surface area contributed by atoms with Crippen LogP contribution in [-0.4, -0.2) is 38.9 Å². The topological polar surface area (TPSA) is 89.7 Å². The largest absolute Gasteiger partial charge is 0.416 e. The molecule has 0 radical (unpaired) electrons. The maximum atomic E-state index is 14.1. The molecule has 1 heterocycles. The van der Waals surface area contributed by atoms with E-state index in [2.05, 4.69) is 0 Å². The zero-order valence-electron chi connectivity index (χ0n) is 14.8. The Kier molecular flexibility index (Phi) is 5.65. The summed E-state index contributed by atoms with van der Waals surface area (Å²) in [6, 6.07) is 7.35. The van der Waals surface area contributed by atoms with Gasteiger partial charge in [-0.2, -0.15) is 13.2 Å². The highest BCUT2D eigenvalue weighted by Crippen LogP contribution is 2.36. The van der Waals surface area contributed by atoms with Crippen LogP contribution < -0.4 is 5.14 Å². The third kappa shape index (κ3) is 4.57. The van der Waals surface area contributed by atoms with E-state index in [1.165, 1.54) is 18.2 Å². The van der Waals surface area contributed by atoms with Crippen LogP contribution >= 0.6 is 0 Å². The third-order valence-corrected chi connectivity index (χ3v) is 5.37. The number of rotatable bonds is 3. The van der Waals surface area contributed by atoms with Gasteiger partial charge in [-0.25, -0.2) is 17.9 Å². The molecule has 3 rings (SSSR count). The van der Waals surface area contributed by atoms with Crippen LogP contribution in [0.5, 0.6) is 0 Å². The first-order valence-electron chi connectivity index (χ1n) is 8.38. The van der Waals surface area contributed by atoms with Gasteiger partial charge in [-0.15, -0.1) is 0 Å².